The summed E-state index contributed by atoms with van der Waals surface area (Å²) >= 11 is 0. The second kappa shape index (κ2) is 5.26. The molecule has 4 N–H and O–H groups in total. The van der Waals surface area contributed by atoms with E-state index in [1.165, 1.54) is 0 Å². The van der Waals surface area contributed by atoms with Crippen molar-refractivity contribution in [2.45, 2.75) is 18.4 Å². The number of hydrogen-bond donors (Lipinski definition) is 3. The summed E-state index contributed by atoms with van der Waals surface area (Å²) in [6.07, 6.45) is 3.05. The van der Waals surface area contributed by atoms with Gasteiger partial charge in [0.15, 0.2) is 0 Å². The molecule has 1 aromatic carbocycles. The lowest BCUT2D eigenvalue weighted by Crippen LogP contribution is -2.42. The van der Waals surface area contributed by atoms with E-state index in [4.69, 9.17) is 10.5 Å². The molecule has 106 valence electrons. The quantitative estimate of drug-likeness (QED) is 0.743. The maximum atomic E-state index is 10.4. The summed E-state index contributed by atoms with van der Waals surface area (Å²) in [5, 5.41) is 14.6. The number of aromatic nitrogens is 1. The molecule has 0 bridgehead atoms. The first kappa shape index (κ1) is 13.1. The van der Waals surface area contributed by atoms with Crippen LogP contribution >= 0.6 is 0 Å². The molecular formula is C15H19N3O2. The number of rotatable bonds is 3. The van der Waals surface area contributed by atoms with Crippen LogP contribution in [0.5, 0.6) is 0 Å². The van der Waals surface area contributed by atoms with Crippen molar-refractivity contribution in [3.8, 4) is 0 Å². The minimum atomic E-state index is -0.714. The summed E-state index contributed by atoms with van der Waals surface area (Å²) < 4.78 is 5.28. The van der Waals surface area contributed by atoms with E-state index in [-0.39, 0.29) is 0 Å². The maximum Gasteiger partial charge on any atom is 0.0863 e. The number of nitrogen functional groups attached to an aromatic ring is 1. The first-order valence-electron chi connectivity index (χ1n) is 6.85. The van der Waals surface area contributed by atoms with Gasteiger partial charge in [0.25, 0.3) is 0 Å². The molecule has 1 saturated heterocycles. The lowest BCUT2D eigenvalue weighted by Gasteiger charge is -2.32. The molecule has 5 nitrogen and oxygen atoms in total. The molecule has 0 atom stereocenters. The van der Waals surface area contributed by atoms with Crippen molar-refractivity contribution in [1.82, 2.24) is 4.98 Å². The highest BCUT2D eigenvalue weighted by molar-refractivity contribution is 5.96. The highest BCUT2D eigenvalue weighted by Gasteiger charge is 2.29. The summed E-state index contributed by atoms with van der Waals surface area (Å²) in [6, 6.07) is 7.66. The Morgan fingerprint density at radius 1 is 1.30 bits per heavy atom. The normalized spacial score (nSPS) is 18.1. The molecule has 2 heterocycles. The molecule has 20 heavy (non-hydrogen) atoms. The molecule has 3 rings (SSSR count). The predicted octanol–water partition coefficient (Wildman–Crippen LogP) is 1.77. The van der Waals surface area contributed by atoms with Crippen LogP contribution in [0.1, 0.15) is 12.8 Å². The Morgan fingerprint density at radius 3 is 2.90 bits per heavy atom. The van der Waals surface area contributed by atoms with Gasteiger partial charge in [0.05, 0.1) is 22.5 Å². The van der Waals surface area contributed by atoms with Gasteiger partial charge in [-0.3, -0.25) is 4.98 Å². The molecule has 0 spiro atoms. The molecule has 0 amide bonds. The summed E-state index contributed by atoms with van der Waals surface area (Å²) in [4.78, 5) is 4.27. The monoisotopic (exact) mass is 273 g/mol. The van der Waals surface area contributed by atoms with Crippen LogP contribution < -0.4 is 11.1 Å². The van der Waals surface area contributed by atoms with Crippen LogP contribution in [0.2, 0.25) is 0 Å². The Kier molecular flexibility index (Phi) is 3.46. The number of anilines is 2. The zero-order valence-electron chi connectivity index (χ0n) is 11.3. The fourth-order valence-corrected chi connectivity index (χ4v) is 2.52. The zero-order chi connectivity index (χ0) is 14.0. The highest BCUT2D eigenvalue weighted by atomic mass is 16.5. The zero-order valence-corrected chi connectivity index (χ0v) is 11.3. The fourth-order valence-electron chi connectivity index (χ4n) is 2.52. The predicted molar refractivity (Wildman–Crippen MR) is 79.6 cm³/mol. The highest BCUT2D eigenvalue weighted by Crippen LogP contribution is 2.29. The number of fused-ring (bicyclic) bond motifs is 1. The van der Waals surface area contributed by atoms with Gasteiger partial charge in [-0.1, -0.05) is 0 Å². The lowest BCUT2D eigenvalue weighted by molar-refractivity contribution is -0.0543. The topological polar surface area (TPSA) is 80.4 Å². The van der Waals surface area contributed by atoms with Crippen molar-refractivity contribution in [3.05, 3.63) is 30.5 Å². The number of nitrogens with two attached hydrogens (primary N) is 1. The number of nitrogens with zero attached hydrogens (tertiary/aromatic N) is 1. The average molecular weight is 273 g/mol. The van der Waals surface area contributed by atoms with Crippen LogP contribution in [0, 0.1) is 0 Å². The van der Waals surface area contributed by atoms with E-state index in [0.717, 1.165) is 16.6 Å². The third kappa shape index (κ3) is 2.55. The van der Waals surface area contributed by atoms with Crippen LogP contribution in [-0.2, 0) is 4.74 Å². The standard InChI is InChI=1S/C15H19N3O2/c16-14-11-2-1-7-17-12(11)3-4-13(14)18-10-15(19)5-8-20-9-6-15/h1-4,7,18-19H,5-6,8-10,16H2. The second-order valence-corrected chi connectivity index (χ2v) is 5.29. The summed E-state index contributed by atoms with van der Waals surface area (Å²) in [5.74, 6) is 0. The van der Waals surface area contributed by atoms with Gasteiger partial charge in [0, 0.05) is 44.2 Å². The van der Waals surface area contributed by atoms with Gasteiger partial charge in [-0.05, 0) is 24.3 Å². The molecule has 0 aliphatic carbocycles. The number of nitrogens with one attached hydrogen (secondary N) is 1. The molecule has 1 aliphatic rings. The Labute approximate surface area is 117 Å². The second-order valence-electron chi connectivity index (χ2n) is 5.29. The van der Waals surface area contributed by atoms with Crippen LogP contribution in [-0.4, -0.2) is 35.5 Å². The van der Waals surface area contributed by atoms with E-state index in [1.54, 1.807) is 6.20 Å². The van der Waals surface area contributed by atoms with Gasteiger partial charge in [-0.25, -0.2) is 0 Å². The van der Waals surface area contributed by atoms with Crippen LogP contribution in [0.15, 0.2) is 30.5 Å². The molecule has 2 aromatic rings. The van der Waals surface area contributed by atoms with Crippen molar-refractivity contribution >= 4 is 22.3 Å². The van der Waals surface area contributed by atoms with Gasteiger partial charge in [-0.15, -0.1) is 0 Å². The van der Waals surface area contributed by atoms with Crippen LogP contribution in [0.4, 0.5) is 11.4 Å². The van der Waals surface area contributed by atoms with E-state index in [1.807, 2.05) is 24.3 Å². The summed E-state index contributed by atoms with van der Waals surface area (Å²) in [7, 11) is 0. The SMILES string of the molecule is Nc1c(NCC2(O)CCOCC2)ccc2ncccc12. The van der Waals surface area contributed by atoms with Gasteiger partial charge in [-0.2, -0.15) is 0 Å². The van der Waals surface area contributed by atoms with E-state index in [9.17, 15) is 5.11 Å². The first-order valence-corrected chi connectivity index (χ1v) is 6.85. The van der Waals surface area contributed by atoms with Crippen molar-refractivity contribution < 1.29 is 9.84 Å². The van der Waals surface area contributed by atoms with Gasteiger partial charge in [0.1, 0.15) is 0 Å². The van der Waals surface area contributed by atoms with Crippen molar-refractivity contribution in [3.63, 3.8) is 0 Å². The van der Waals surface area contributed by atoms with Gasteiger partial charge < -0.3 is 20.9 Å². The number of ether oxygens (including phenoxy) is 1. The number of pyridine rings is 1. The molecule has 0 radical (unpaired) electrons. The number of hydrogen-bond acceptors (Lipinski definition) is 5. The molecule has 1 aliphatic heterocycles. The lowest BCUT2D eigenvalue weighted by atomic mass is 9.94. The summed E-state index contributed by atoms with van der Waals surface area (Å²) in [6.45, 7) is 1.69. The van der Waals surface area contributed by atoms with E-state index >= 15 is 0 Å². The minimum absolute atomic E-state index is 0.479. The Hall–Kier alpha value is -1.85. The smallest absolute Gasteiger partial charge is 0.0863 e. The third-order valence-electron chi connectivity index (χ3n) is 3.86. The first-order chi connectivity index (χ1) is 9.68. The Bertz CT molecular complexity index is 609. The molecule has 1 fully saturated rings. The van der Waals surface area contributed by atoms with Gasteiger partial charge in [0.2, 0.25) is 0 Å². The Balaban J connectivity index is 1.79. The van der Waals surface area contributed by atoms with E-state index < -0.39 is 5.60 Å². The van der Waals surface area contributed by atoms with Crippen LogP contribution in [0.3, 0.4) is 0 Å². The molecule has 5 heteroatoms. The molecule has 1 aromatic heterocycles. The fraction of sp³-hybridized carbons (Fsp3) is 0.400. The summed E-state index contributed by atoms with van der Waals surface area (Å²) in [5.41, 5.74) is 7.84. The maximum absolute atomic E-state index is 10.4. The van der Waals surface area contributed by atoms with E-state index in [0.29, 0.717) is 38.3 Å². The minimum Gasteiger partial charge on any atom is -0.397 e. The van der Waals surface area contributed by atoms with Crippen molar-refractivity contribution in [1.29, 1.82) is 0 Å². The van der Waals surface area contributed by atoms with Crippen molar-refractivity contribution in [2.75, 3.05) is 30.8 Å². The van der Waals surface area contributed by atoms with Crippen LogP contribution in [0.25, 0.3) is 10.9 Å². The number of aliphatic hydroxyl groups is 1. The Morgan fingerprint density at radius 2 is 2.10 bits per heavy atom. The molecule has 0 unspecified atom stereocenters. The molecular weight excluding hydrogens is 254 g/mol. The number of benzene rings is 1. The molecule has 0 saturated carbocycles. The largest absolute Gasteiger partial charge is 0.397 e. The van der Waals surface area contributed by atoms with Crippen molar-refractivity contribution in [2.24, 2.45) is 0 Å². The average Bonchev–Trinajstić information content (AvgIpc) is 2.48. The van der Waals surface area contributed by atoms with E-state index in [2.05, 4.69) is 10.3 Å². The third-order valence-corrected chi connectivity index (χ3v) is 3.86. The van der Waals surface area contributed by atoms with Gasteiger partial charge >= 0.3 is 0 Å².